The summed E-state index contributed by atoms with van der Waals surface area (Å²) < 4.78 is 0. The van der Waals surface area contributed by atoms with Crippen LogP contribution in [0.2, 0.25) is 5.02 Å². The second kappa shape index (κ2) is 7.19. The molecule has 0 radical (unpaired) electrons. The summed E-state index contributed by atoms with van der Waals surface area (Å²) in [5.41, 5.74) is 1.05. The summed E-state index contributed by atoms with van der Waals surface area (Å²) >= 11 is 6.02. The van der Waals surface area contributed by atoms with Gasteiger partial charge in [-0.3, -0.25) is 9.59 Å². The van der Waals surface area contributed by atoms with E-state index in [1.807, 2.05) is 24.3 Å². The van der Waals surface area contributed by atoms with Crippen molar-refractivity contribution in [1.29, 1.82) is 0 Å². The second-order valence-electron chi connectivity index (χ2n) is 5.80. The molecule has 0 spiro atoms. The Labute approximate surface area is 141 Å². The molecule has 0 aromatic heterocycles. The molecule has 6 nitrogen and oxygen atoms in total. The molecule has 2 aliphatic rings. The van der Waals surface area contributed by atoms with E-state index in [0.717, 1.165) is 18.8 Å². The predicted octanol–water partition coefficient (Wildman–Crippen LogP) is 0.420. The molecule has 2 aliphatic heterocycles. The third-order valence-corrected chi connectivity index (χ3v) is 4.56. The first-order valence-corrected chi connectivity index (χ1v) is 8.32. The van der Waals surface area contributed by atoms with Gasteiger partial charge in [-0.1, -0.05) is 17.7 Å². The van der Waals surface area contributed by atoms with Gasteiger partial charge in [0.15, 0.2) is 0 Å². The van der Waals surface area contributed by atoms with Crippen molar-refractivity contribution in [1.82, 2.24) is 15.1 Å². The average Bonchev–Trinajstić information content (AvgIpc) is 2.61. The van der Waals surface area contributed by atoms with Crippen LogP contribution in [0.5, 0.6) is 0 Å². The molecular weight excluding hydrogens is 316 g/mol. The van der Waals surface area contributed by atoms with E-state index in [4.69, 9.17) is 11.6 Å². The van der Waals surface area contributed by atoms with Crippen LogP contribution >= 0.6 is 11.6 Å². The van der Waals surface area contributed by atoms with Crippen LogP contribution in [0, 0.1) is 0 Å². The highest BCUT2D eigenvalue weighted by Crippen LogP contribution is 2.20. The fraction of sp³-hybridized carbons (Fsp3) is 0.500. The van der Waals surface area contributed by atoms with Gasteiger partial charge < -0.3 is 20.0 Å². The topological polar surface area (TPSA) is 55.9 Å². The monoisotopic (exact) mass is 336 g/mol. The minimum absolute atomic E-state index is 0.372. The number of rotatable bonds is 1. The smallest absolute Gasteiger partial charge is 0.312 e. The van der Waals surface area contributed by atoms with Crippen molar-refractivity contribution in [3.8, 4) is 0 Å². The zero-order valence-electron chi connectivity index (χ0n) is 13.0. The zero-order valence-corrected chi connectivity index (χ0v) is 13.8. The van der Waals surface area contributed by atoms with Gasteiger partial charge in [0.05, 0.1) is 0 Å². The minimum Gasteiger partial charge on any atom is -0.368 e. The van der Waals surface area contributed by atoms with Crippen molar-refractivity contribution in [2.45, 2.75) is 0 Å². The normalized spacial score (nSPS) is 18.9. The molecule has 2 fully saturated rings. The Kier molecular flexibility index (Phi) is 5.03. The van der Waals surface area contributed by atoms with Gasteiger partial charge in [0, 0.05) is 63.1 Å². The van der Waals surface area contributed by atoms with Gasteiger partial charge in [-0.25, -0.2) is 0 Å². The molecule has 1 N–H and O–H groups in total. The number of anilines is 1. The van der Waals surface area contributed by atoms with Crippen molar-refractivity contribution in [3.63, 3.8) is 0 Å². The third kappa shape index (κ3) is 3.76. The first-order chi connectivity index (χ1) is 11.1. The molecule has 0 saturated carbocycles. The number of amides is 2. The van der Waals surface area contributed by atoms with Gasteiger partial charge in [0.25, 0.3) is 0 Å². The van der Waals surface area contributed by atoms with E-state index >= 15 is 0 Å². The maximum absolute atomic E-state index is 12.4. The van der Waals surface area contributed by atoms with E-state index in [1.165, 1.54) is 0 Å². The quantitative estimate of drug-likeness (QED) is 0.755. The molecule has 0 atom stereocenters. The molecule has 2 amide bonds. The molecule has 124 valence electrons. The fourth-order valence-corrected chi connectivity index (χ4v) is 3.16. The van der Waals surface area contributed by atoms with Crippen LogP contribution in [0.25, 0.3) is 0 Å². The Morgan fingerprint density at radius 2 is 1.52 bits per heavy atom. The van der Waals surface area contributed by atoms with E-state index in [0.29, 0.717) is 44.3 Å². The lowest BCUT2D eigenvalue weighted by atomic mass is 10.2. The number of nitrogens with one attached hydrogen (secondary N) is 1. The summed E-state index contributed by atoms with van der Waals surface area (Å²) in [7, 11) is 0. The Balaban J connectivity index is 1.55. The highest BCUT2D eigenvalue weighted by molar-refractivity contribution is 6.35. The van der Waals surface area contributed by atoms with E-state index < -0.39 is 0 Å². The van der Waals surface area contributed by atoms with Gasteiger partial charge in [-0.15, -0.1) is 0 Å². The zero-order chi connectivity index (χ0) is 16.2. The Hall–Kier alpha value is -1.79. The van der Waals surface area contributed by atoms with Gasteiger partial charge in [0.2, 0.25) is 0 Å². The molecule has 1 aromatic carbocycles. The van der Waals surface area contributed by atoms with E-state index in [-0.39, 0.29) is 11.8 Å². The first-order valence-electron chi connectivity index (χ1n) is 7.94. The fourth-order valence-electron chi connectivity index (χ4n) is 2.98. The third-order valence-electron chi connectivity index (χ3n) is 4.33. The SMILES string of the molecule is O=C(C(=O)N1CCN(c2cccc(Cl)c2)CC1)N1CCNCC1. The summed E-state index contributed by atoms with van der Waals surface area (Å²) in [4.78, 5) is 30.1. The summed E-state index contributed by atoms with van der Waals surface area (Å²) in [6.45, 7) is 5.25. The van der Waals surface area contributed by atoms with E-state index in [2.05, 4.69) is 10.2 Å². The number of halogens is 1. The highest BCUT2D eigenvalue weighted by atomic mass is 35.5. The van der Waals surface area contributed by atoms with Crippen LogP contribution in [0.15, 0.2) is 24.3 Å². The Bertz CT molecular complexity index is 581. The van der Waals surface area contributed by atoms with E-state index in [1.54, 1.807) is 9.80 Å². The number of hydrogen-bond acceptors (Lipinski definition) is 4. The van der Waals surface area contributed by atoms with Crippen molar-refractivity contribution >= 4 is 29.1 Å². The van der Waals surface area contributed by atoms with Crippen LogP contribution < -0.4 is 10.2 Å². The largest absolute Gasteiger partial charge is 0.368 e. The van der Waals surface area contributed by atoms with Crippen molar-refractivity contribution in [2.24, 2.45) is 0 Å². The molecule has 0 unspecified atom stereocenters. The van der Waals surface area contributed by atoms with Crippen LogP contribution in [-0.4, -0.2) is 74.0 Å². The number of piperazine rings is 2. The first kappa shape index (κ1) is 16.1. The van der Waals surface area contributed by atoms with Crippen molar-refractivity contribution in [2.75, 3.05) is 57.3 Å². The number of hydrogen-bond donors (Lipinski definition) is 1. The van der Waals surface area contributed by atoms with Crippen molar-refractivity contribution in [3.05, 3.63) is 29.3 Å². The number of benzene rings is 1. The van der Waals surface area contributed by atoms with Crippen LogP contribution in [0.1, 0.15) is 0 Å². The molecule has 7 heteroatoms. The summed E-state index contributed by atoms with van der Waals surface area (Å²) in [6, 6.07) is 7.69. The molecular formula is C16H21ClN4O2. The summed E-state index contributed by atoms with van der Waals surface area (Å²) in [5, 5.41) is 3.88. The summed E-state index contributed by atoms with van der Waals surface area (Å²) in [5.74, 6) is -0.750. The number of carbonyl (C=O) groups excluding carboxylic acids is 2. The lowest BCUT2D eigenvalue weighted by molar-refractivity contribution is -0.152. The van der Waals surface area contributed by atoms with Gasteiger partial charge in [-0.05, 0) is 18.2 Å². The minimum atomic E-state index is -0.377. The number of carbonyl (C=O) groups is 2. The van der Waals surface area contributed by atoms with Gasteiger partial charge >= 0.3 is 11.8 Å². The average molecular weight is 337 g/mol. The van der Waals surface area contributed by atoms with Crippen LogP contribution in [0.4, 0.5) is 5.69 Å². The van der Waals surface area contributed by atoms with Crippen LogP contribution in [-0.2, 0) is 9.59 Å². The maximum atomic E-state index is 12.4. The van der Waals surface area contributed by atoms with E-state index in [9.17, 15) is 9.59 Å². The molecule has 3 rings (SSSR count). The lowest BCUT2D eigenvalue weighted by Gasteiger charge is -2.37. The molecule has 0 bridgehead atoms. The summed E-state index contributed by atoms with van der Waals surface area (Å²) in [6.07, 6.45) is 0. The molecule has 2 heterocycles. The Morgan fingerprint density at radius 1 is 0.913 bits per heavy atom. The molecule has 0 aliphatic carbocycles. The lowest BCUT2D eigenvalue weighted by Crippen LogP contribution is -2.56. The second-order valence-corrected chi connectivity index (χ2v) is 6.24. The predicted molar refractivity (Wildman–Crippen MR) is 89.7 cm³/mol. The standard InChI is InChI=1S/C16H21ClN4O2/c17-13-2-1-3-14(12-13)19-8-10-21(11-9-19)16(23)15(22)20-6-4-18-5-7-20/h1-3,12,18H,4-11H2. The molecule has 1 aromatic rings. The van der Waals surface area contributed by atoms with Gasteiger partial charge in [-0.2, -0.15) is 0 Å². The highest BCUT2D eigenvalue weighted by Gasteiger charge is 2.30. The molecule has 23 heavy (non-hydrogen) atoms. The Morgan fingerprint density at radius 3 is 2.13 bits per heavy atom. The molecule has 2 saturated heterocycles. The number of nitrogens with zero attached hydrogens (tertiary/aromatic N) is 3. The maximum Gasteiger partial charge on any atom is 0.312 e. The van der Waals surface area contributed by atoms with Crippen LogP contribution in [0.3, 0.4) is 0 Å². The van der Waals surface area contributed by atoms with Gasteiger partial charge in [0.1, 0.15) is 0 Å². The van der Waals surface area contributed by atoms with Crippen molar-refractivity contribution < 1.29 is 9.59 Å².